The van der Waals surface area contributed by atoms with Crippen LogP contribution >= 0.6 is 0 Å². The van der Waals surface area contributed by atoms with Crippen LogP contribution in [-0.2, 0) is 6.54 Å². The lowest BCUT2D eigenvalue weighted by molar-refractivity contribution is 0.0602. The van der Waals surface area contributed by atoms with Gasteiger partial charge in [-0.2, -0.15) is 0 Å². The summed E-state index contributed by atoms with van der Waals surface area (Å²) in [7, 11) is 0. The fourth-order valence-corrected chi connectivity index (χ4v) is 3.41. The molecule has 1 aliphatic heterocycles. The van der Waals surface area contributed by atoms with E-state index >= 15 is 0 Å². The van der Waals surface area contributed by atoms with Crippen molar-refractivity contribution >= 4 is 11.6 Å². The van der Waals surface area contributed by atoms with Crippen molar-refractivity contribution in [3.8, 4) is 0 Å². The van der Waals surface area contributed by atoms with Gasteiger partial charge < -0.3 is 10.2 Å². The molecule has 0 spiro atoms. The van der Waals surface area contributed by atoms with Gasteiger partial charge in [0.15, 0.2) is 0 Å². The number of anilines is 1. The van der Waals surface area contributed by atoms with Crippen LogP contribution in [0, 0.1) is 6.92 Å². The van der Waals surface area contributed by atoms with Gasteiger partial charge in [0.2, 0.25) is 0 Å². The highest BCUT2D eigenvalue weighted by Gasteiger charge is 2.26. The molecule has 4 heteroatoms. The minimum atomic E-state index is 0.0607. The van der Waals surface area contributed by atoms with Crippen molar-refractivity contribution in [3.05, 3.63) is 59.4 Å². The standard InChI is InChI=1S/C21H27N3O/c1-3-19-6-4-5-13-24(19)21(25)20-14-18(11-12-22-20)23-15-17-9-7-16(2)8-10-17/h7-12,14,19H,3-6,13,15H2,1-2H3,(H,22,23). The second kappa shape index (κ2) is 8.15. The molecule has 0 bridgehead atoms. The first-order valence-electron chi connectivity index (χ1n) is 9.24. The first-order chi connectivity index (χ1) is 12.2. The Kier molecular flexibility index (Phi) is 5.69. The summed E-state index contributed by atoms with van der Waals surface area (Å²) in [6.07, 6.45) is 6.14. The van der Waals surface area contributed by atoms with Crippen molar-refractivity contribution in [2.45, 2.75) is 52.1 Å². The number of hydrogen-bond acceptors (Lipinski definition) is 3. The minimum absolute atomic E-state index is 0.0607. The topological polar surface area (TPSA) is 45.2 Å². The highest BCUT2D eigenvalue weighted by molar-refractivity contribution is 5.93. The predicted molar refractivity (Wildman–Crippen MR) is 102 cm³/mol. The molecule has 0 saturated carbocycles. The number of pyridine rings is 1. The summed E-state index contributed by atoms with van der Waals surface area (Å²) >= 11 is 0. The lowest BCUT2D eigenvalue weighted by atomic mass is 9.99. The number of nitrogens with one attached hydrogen (secondary N) is 1. The molecule has 0 radical (unpaired) electrons. The predicted octanol–water partition coefficient (Wildman–Crippen LogP) is 4.41. The van der Waals surface area contributed by atoms with Crippen molar-refractivity contribution in [3.63, 3.8) is 0 Å². The van der Waals surface area contributed by atoms with Crippen LogP contribution in [-0.4, -0.2) is 28.4 Å². The largest absolute Gasteiger partial charge is 0.381 e. The monoisotopic (exact) mass is 337 g/mol. The Morgan fingerprint density at radius 3 is 2.80 bits per heavy atom. The third-order valence-corrected chi connectivity index (χ3v) is 4.96. The van der Waals surface area contributed by atoms with Gasteiger partial charge in [0.25, 0.3) is 5.91 Å². The SMILES string of the molecule is CCC1CCCCN1C(=O)c1cc(NCc2ccc(C)cc2)ccn1. The molecule has 1 N–H and O–H groups in total. The Labute approximate surface area is 150 Å². The molecule has 1 fully saturated rings. The summed E-state index contributed by atoms with van der Waals surface area (Å²) in [4.78, 5) is 19.2. The number of carbonyl (C=O) groups is 1. The van der Waals surface area contributed by atoms with E-state index in [0.717, 1.165) is 38.0 Å². The van der Waals surface area contributed by atoms with E-state index in [-0.39, 0.29) is 5.91 Å². The van der Waals surface area contributed by atoms with Gasteiger partial charge in [0, 0.05) is 31.0 Å². The maximum absolute atomic E-state index is 12.9. The van der Waals surface area contributed by atoms with E-state index in [4.69, 9.17) is 0 Å². The second-order valence-corrected chi connectivity index (χ2v) is 6.83. The number of likely N-dealkylation sites (tertiary alicyclic amines) is 1. The van der Waals surface area contributed by atoms with Gasteiger partial charge in [0.1, 0.15) is 5.69 Å². The van der Waals surface area contributed by atoms with Crippen LogP contribution < -0.4 is 5.32 Å². The fraction of sp³-hybridized carbons (Fsp3) is 0.429. The van der Waals surface area contributed by atoms with Gasteiger partial charge in [-0.3, -0.25) is 9.78 Å². The zero-order chi connectivity index (χ0) is 17.6. The molecular formula is C21H27N3O. The molecule has 1 aromatic heterocycles. The van der Waals surface area contributed by atoms with E-state index in [1.54, 1.807) is 6.20 Å². The number of rotatable bonds is 5. The van der Waals surface area contributed by atoms with E-state index in [1.807, 2.05) is 17.0 Å². The van der Waals surface area contributed by atoms with Gasteiger partial charge in [-0.25, -0.2) is 0 Å². The summed E-state index contributed by atoms with van der Waals surface area (Å²) < 4.78 is 0. The summed E-state index contributed by atoms with van der Waals surface area (Å²) in [6.45, 7) is 5.82. The number of aromatic nitrogens is 1. The Bertz CT molecular complexity index is 711. The lowest BCUT2D eigenvalue weighted by Crippen LogP contribution is -2.43. The van der Waals surface area contributed by atoms with Crippen LogP contribution in [0.3, 0.4) is 0 Å². The van der Waals surface area contributed by atoms with Crippen molar-refractivity contribution < 1.29 is 4.79 Å². The maximum Gasteiger partial charge on any atom is 0.272 e. The molecular weight excluding hydrogens is 310 g/mol. The Hall–Kier alpha value is -2.36. The first kappa shape index (κ1) is 17.5. The molecule has 4 nitrogen and oxygen atoms in total. The number of benzene rings is 1. The molecule has 1 saturated heterocycles. The van der Waals surface area contributed by atoms with Crippen LogP contribution in [0.1, 0.15) is 54.2 Å². The number of piperidine rings is 1. The molecule has 2 heterocycles. The molecule has 3 rings (SSSR count). The molecule has 132 valence electrons. The fourth-order valence-electron chi connectivity index (χ4n) is 3.41. The van der Waals surface area contributed by atoms with E-state index in [9.17, 15) is 4.79 Å². The highest BCUT2D eigenvalue weighted by atomic mass is 16.2. The third kappa shape index (κ3) is 4.38. The van der Waals surface area contributed by atoms with Gasteiger partial charge >= 0.3 is 0 Å². The van der Waals surface area contributed by atoms with Crippen molar-refractivity contribution in [2.24, 2.45) is 0 Å². The van der Waals surface area contributed by atoms with E-state index in [1.165, 1.54) is 17.5 Å². The molecule has 1 aliphatic rings. The molecule has 1 aromatic carbocycles. The Morgan fingerprint density at radius 2 is 2.04 bits per heavy atom. The quantitative estimate of drug-likeness (QED) is 0.879. The van der Waals surface area contributed by atoms with E-state index in [0.29, 0.717) is 11.7 Å². The average molecular weight is 337 g/mol. The number of carbonyl (C=O) groups excluding carboxylic acids is 1. The van der Waals surface area contributed by atoms with Crippen LogP contribution in [0.15, 0.2) is 42.6 Å². The van der Waals surface area contributed by atoms with Crippen LogP contribution in [0.5, 0.6) is 0 Å². The van der Waals surface area contributed by atoms with E-state index < -0.39 is 0 Å². The second-order valence-electron chi connectivity index (χ2n) is 6.83. The van der Waals surface area contributed by atoms with Gasteiger partial charge in [-0.05, 0) is 50.3 Å². The molecule has 0 aliphatic carbocycles. The van der Waals surface area contributed by atoms with Crippen LogP contribution in [0.4, 0.5) is 5.69 Å². The van der Waals surface area contributed by atoms with Gasteiger partial charge in [-0.1, -0.05) is 36.8 Å². The molecule has 2 aromatic rings. The lowest BCUT2D eigenvalue weighted by Gasteiger charge is -2.35. The summed E-state index contributed by atoms with van der Waals surface area (Å²) in [5, 5.41) is 3.39. The zero-order valence-electron chi connectivity index (χ0n) is 15.2. The normalized spacial score (nSPS) is 17.4. The molecule has 1 amide bonds. The van der Waals surface area contributed by atoms with Crippen molar-refractivity contribution in [1.82, 2.24) is 9.88 Å². The van der Waals surface area contributed by atoms with Crippen LogP contribution in [0.2, 0.25) is 0 Å². The first-order valence-corrected chi connectivity index (χ1v) is 9.24. The molecule has 1 unspecified atom stereocenters. The van der Waals surface area contributed by atoms with Crippen molar-refractivity contribution in [2.75, 3.05) is 11.9 Å². The zero-order valence-corrected chi connectivity index (χ0v) is 15.2. The minimum Gasteiger partial charge on any atom is -0.381 e. The average Bonchev–Trinajstić information content (AvgIpc) is 2.67. The smallest absolute Gasteiger partial charge is 0.272 e. The number of amides is 1. The molecule has 25 heavy (non-hydrogen) atoms. The number of aryl methyl sites for hydroxylation is 1. The molecule has 1 atom stereocenters. The Balaban J connectivity index is 1.68. The summed E-state index contributed by atoms with van der Waals surface area (Å²) in [5.41, 5.74) is 3.95. The maximum atomic E-state index is 12.9. The third-order valence-electron chi connectivity index (χ3n) is 4.96. The van der Waals surface area contributed by atoms with Crippen molar-refractivity contribution in [1.29, 1.82) is 0 Å². The highest BCUT2D eigenvalue weighted by Crippen LogP contribution is 2.22. The number of hydrogen-bond donors (Lipinski definition) is 1. The summed E-state index contributed by atoms with van der Waals surface area (Å²) in [5.74, 6) is 0.0607. The number of nitrogens with zero attached hydrogens (tertiary/aromatic N) is 2. The van der Waals surface area contributed by atoms with Gasteiger partial charge in [-0.15, -0.1) is 0 Å². The van der Waals surface area contributed by atoms with E-state index in [2.05, 4.69) is 48.4 Å². The Morgan fingerprint density at radius 1 is 1.24 bits per heavy atom. The summed E-state index contributed by atoms with van der Waals surface area (Å²) in [6, 6.07) is 12.6. The van der Waals surface area contributed by atoms with Crippen LogP contribution in [0.25, 0.3) is 0 Å². The van der Waals surface area contributed by atoms with Gasteiger partial charge in [0.05, 0.1) is 0 Å².